The van der Waals surface area contributed by atoms with Crippen molar-refractivity contribution in [1.29, 1.82) is 0 Å². The normalized spacial score (nSPS) is 11.3. The molecule has 0 saturated heterocycles. The van der Waals surface area contributed by atoms with Crippen LogP contribution in [-0.4, -0.2) is 34.1 Å². The average molecular weight is 452 g/mol. The highest BCUT2D eigenvalue weighted by atomic mass is 32.1. The van der Waals surface area contributed by atoms with Gasteiger partial charge in [0, 0.05) is 35.2 Å². The molecule has 6 rings (SSSR count). The third-order valence-corrected chi connectivity index (χ3v) is 6.15. The first kappa shape index (κ1) is 19.3. The maximum absolute atomic E-state index is 12.5. The van der Waals surface area contributed by atoms with Crippen LogP contribution in [0.3, 0.4) is 0 Å². The van der Waals surface area contributed by atoms with Gasteiger partial charge < -0.3 is 4.98 Å². The van der Waals surface area contributed by atoms with Crippen LogP contribution in [0.4, 0.5) is 0 Å². The maximum atomic E-state index is 12.5. The second kappa shape index (κ2) is 7.64. The van der Waals surface area contributed by atoms with E-state index >= 15 is 0 Å². The lowest BCUT2D eigenvalue weighted by molar-refractivity contribution is 0.998. The lowest BCUT2D eigenvalue weighted by Gasteiger charge is -2.09. The molecule has 5 aromatic heterocycles. The molecule has 0 radical (unpaired) electrons. The summed E-state index contributed by atoms with van der Waals surface area (Å²) in [5, 5.41) is 2.78. The van der Waals surface area contributed by atoms with E-state index in [1.165, 1.54) is 0 Å². The van der Waals surface area contributed by atoms with Crippen molar-refractivity contribution in [2.45, 2.75) is 6.92 Å². The highest BCUT2D eigenvalue weighted by Crippen LogP contribution is 2.29. The Hall–Kier alpha value is -4.37. The molecule has 6 aromatic rings. The van der Waals surface area contributed by atoms with Crippen LogP contribution in [0.25, 0.3) is 44.6 Å². The number of hydrogen-bond donors (Lipinski definition) is 1. The topological polar surface area (TPSA) is 94.3 Å². The summed E-state index contributed by atoms with van der Waals surface area (Å²) < 4.78 is 3.58. The van der Waals surface area contributed by atoms with E-state index in [0.717, 1.165) is 39.2 Å². The molecule has 0 unspecified atom stereocenters. The van der Waals surface area contributed by atoms with Crippen molar-refractivity contribution in [2.24, 2.45) is 0 Å². The first-order chi connectivity index (χ1) is 16.2. The Kier molecular flexibility index (Phi) is 4.48. The minimum absolute atomic E-state index is 0.227. The summed E-state index contributed by atoms with van der Waals surface area (Å²) in [6, 6.07) is 15.3. The van der Waals surface area contributed by atoms with Crippen LogP contribution >= 0.6 is 11.3 Å². The smallest absolute Gasteiger partial charge is 0.304 e. The van der Waals surface area contributed by atoms with E-state index in [1.54, 1.807) is 34.4 Å². The monoisotopic (exact) mass is 451 g/mol. The third kappa shape index (κ3) is 3.35. The summed E-state index contributed by atoms with van der Waals surface area (Å²) in [6.07, 6.45) is 7.25. The fraction of sp³-hybridized carbons (Fsp3) is 0.0417. The van der Waals surface area contributed by atoms with E-state index in [2.05, 4.69) is 19.9 Å². The molecule has 8 nitrogen and oxygen atoms in total. The van der Waals surface area contributed by atoms with E-state index in [0.29, 0.717) is 11.2 Å². The Morgan fingerprint density at radius 1 is 0.939 bits per heavy atom. The Morgan fingerprint density at radius 2 is 1.79 bits per heavy atom. The highest BCUT2D eigenvalue weighted by Gasteiger charge is 2.16. The SMILES string of the molecule is Cc1ccc(-n2cc(-c3nccs3)nc2-c2ccc(-n3c(=O)[nH]c4cccnc43)cc2)cn1. The van der Waals surface area contributed by atoms with Gasteiger partial charge in [-0.15, -0.1) is 11.3 Å². The van der Waals surface area contributed by atoms with Gasteiger partial charge in [-0.3, -0.25) is 9.55 Å². The number of nitrogens with zero attached hydrogens (tertiary/aromatic N) is 6. The Morgan fingerprint density at radius 3 is 2.55 bits per heavy atom. The molecule has 0 aliphatic carbocycles. The third-order valence-electron chi connectivity index (χ3n) is 5.36. The van der Waals surface area contributed by atoms with E-state index in [9.17, 15) is 4.79 Å². The number of aromatic amines is 1. The number of pyridine rings is 2. The van der Waals surface area contributed by atoms with Crippen molar-refractivity contribution in [1.82, 2.24) is 34.1 Å². The van der Waals surface area contributed by atoms with Gasteiger partial charge >= 0.3 is 5.69 Å². The van der Waals surface area contributed by atoms with Gasteiger partial charge in [-0.1, -0.05) is 0 Å². The summed E-state index contributed by atoms with van der Waals surface area (Å²) in [5.74, 6) is 0.766. The van der Waals surface area contributed by atoms with Crippen molar-refractivity contribution < 1.29 is 0 Å². The minimum Gasteiger partial charge on any atom is -0.304 e. The molecule has 33 heavy (non-hydrogen) atoms. The molecular formula is C24H17N7OS. The molecule has 0 aliphatic rings. The Bertz CT molecular complexity index is 1630. The number of benzene rings is 1. The van der Waals surface area contributed by atoms with Crippen LogP contribution in [0.1, 0.15) is 5.69 Å². The first-order valence-electron chi connectivity index (χ1n) is 10.3. The molecule has 1 aromatic carbocycles. The molecule has 5 heterocycles. The predicted molar refractivity (Wildman–Crippen MR) is 128 cm³/mol. The molecule has 0 amide bonds. The van der Waals surface area contributed by atoms with Crippen LogP contribution in [0.2, 0.25) is 0 Å². The van der Waals surface area contributed by atoms with E-state index in [-0.39, 0.29) is 5.69 Å². The quantitative estimate of drug-likeness (QED) is 0.429. The number of rotatable bonds is 4. The van der Waals surface area contributed by atoms with Crippen molar-refractivity contribution >= 4 is 22.5 Å². The molecular weight excluding hydrogens is 434 g/mol. The zero-order valence-corrected chi connectivity index (χ0v) is 18.3. The first-order valence-corrected chi connectivity index (χ1v) is 11.1. The average Bonchev–Trinajstić information content (AvgIpc) is 3.58. The van der Waals surface area contributed by atoms with Crippen LogP contribution in [0.5, 0.6) is 0 Å². The van der Waals surface area contributed by atoms with Gasteiger partial charge in [-0.05, 0) is 55.5 Å². The largest absolute Gasteiger partial charge is 0.332 e. The number of thiazole rings is 1. The van der Waals surface area contributed by atoms with Crippen LogP contribution in [-0.2, 0) is 0 Å². The fourth-order valence-electron chi connectivity index (χ4n) is 3.78. The van der Waals surface area contributed by atoms with Gasteiger partial charge in [-0.2, -0.15) is 0 Å². The molecule has 1 N–H and O–H groups in total. The fourth-order valence-corrected chi connectivity index (χ4v) is 4.37. The Labute approximate surface area is 191 Å². The zero-order chi connectivity index (χ0) is 22.4. The van der Waals surface area contributed by atoms with Gasteiger partial charge in [0.25, 0.3) is 0 Å². The predicted octanol–water partition coefficient (Wildman–Crippen LogP) is 4.39. The van der Waals surface area contributed by atoms with Crippen LogP contribution in [0, 0.1) is 6.92 Å². The molecule has 9 heteroatoms. The Balaban J connectivity index is 1.47. The maximum Gasteiger partial charge on any atom is 0.332 e. The highest BCUT2D eigenvalue weighted by molar-refractivity contribution is 7.13. The van der Waals surface area contributed by atoms with E-state index in [1.807, 2.05) is 71.7 Å². The van der Waals surface area contributed by atoms with Crippen molar-refractivity contribution in [3.8, 4) is 33.5 Å². The van der Waals surface area contributed by atoms with Crippen molar-refractivity contribution in [3.63, 3.8) is 0 Å². The second-order valence-corrected chi connectivity index (χ2v) is 8.40. The molecule has 0 aliphatic heterocycles. The van der Waals surface area contributed by atoms with Crippen molar-refractivity contribution in [2.75, 3.05) is 0 Å². The number of H-pyrrole nitrogens is 1. The summed E-state index contributed by atoms with van der Waals surface area (Å²) in [6.45, 7) is 1.96. The standard InChI is InChI=1S/C24H17N7OS/c1-15-4-7-18(13-27-15)30-14-20(23-26-11-12-33-23)28-21(30)16-5-8-17(9-6-16)31-22-19(29-24(31)32)3-2-10-25-22/h2-14H,1H3,(H,29,32). The summed E-state index contributed by atoms with van der Waals surface area (Å²) in [5.41, 5.74) is 5.34. The lowest BCUT2D eigenvalue weighted by atomic mass is 10.2. The van der Waals surface area contributed by atoms with Crippen LogP contribution < -0.4 is 5.69 Å². The van der Waals surface area contributed by atoms with E-state index in [4.69, 9.17) is 4.98 Å². The molecule has 0 saturated carbocycles. The number of aromatic nitrogens is 7. The van der Waals surface area contributed by atoms with Gasteiger partial charge in [-0.25, -0.2) is 24.3 Å². The van der Waals surface area contributed by atoms with Crippen LogP contribution in [0.15, 0.2) is 83.5 Å². The summed E-state index contributed by atoms with van der Waals surface area (Å²) in [4.78, 5) is 33.5. The second-order valence-electron chi connectivity index (χ2n) is 7.50. The van der Waals surface area contributed by atoms with E-state index < -0.39 is 0 Å². The lowest BCUT2D eigenvalue weighted by Crippen LogP contribution is -2.14. The summed E-state index contributed by atoms with van der Waals surface area (Å²) >= 11 is 1.54. The zero-order valence-electron chi connectivity index (χ0n) is 17.5. The van der Waals surface area contributed by atoms with Gasteiger partial charge in [0.05, 0.1) is 23.1 Å². The molecule has 0 atom stereocenters. The molecule has 160 valence electrons. The molecule has 0 fully saturated rings. The number of fused-ring (bicyclic) bond motifs is 1. The van der Waals surface area contributed by atoms with Gasteiger partial charge in [0.2, 0.25) is 0 Å². The number of hydrogen-bond acceptors (Lipinski definition) is 6. The summed E-state index contributed by atoms with van der Waals surface area (Å²) in [7, 11) is 0. The minimum atomic E-state index is -0.227. The van der Waals surface area contributed by atoms with Gasteiger partial charge in [0.15, 0.2) is 5.65 Å². The van der Waals surface area contributed by atoms with Crippen molar-refractivity contribution in [3.05, 3.63) is 94.9 Å². The molecule has 0 spiro atoms. The number of aryl methyl sites for hydroxylation is 1. The number of imidazole rings is 2. The molecule has 0 bridgehead atoms. The van der Waals surface area contributed by atoms with Gasteiger partial charge in [0.1, 0.15) is 16.5 Å². The number of nitrogens with one attached hydrogen (secondary N) is 1.